The van der Waals surface area contributed by atoms with Crippen LogP contribution in [0.1, 0.15) is 44.5 Å². The first-order valence-corrected chi connectivity index (χ1v) is 14.6. The average molecular weight is 547 g/mol. The minimum atomic E-state index is -0.538. The molecule has 4 heteroatoms. The van der Waals surface area contributed by atoms with E-state index in [0.717, 1.165) is 5.56 Å². The average Bonchev–Trinajstić information content (AvgIpc) is 3.71. The largest absolute Gasteiger partial charge is 0.308 e. The zero-order chi connectivity index (χ0) is 28.9. The normalized spacial score (nSPS) is 15.9. The Hall–Kier alpha value is -4.96. The van der Waals surface area contributed by atoms with Crippen molar-refractivity contribution in [1.29, 1.82) is 0 Å². The maximum Gasteiger partial charge on any atom is 0.308 e. The molecular formula is C38H34N4+2. The molecular weight excluding hydrogens is 512 g/mol. The summed E-state index contributed by atoms with van der Waals surface area (Å²) in [5, 5.41) is 0. The fraction of sp³-hybridized carbons (Fsp3) is 0.158. The number of hydrogen-bond acceptors (Lipinski definition) is 0. The van der Waals surface area contributed by atoms with Gasteiger partial charge in [-0.1, -0.05) is 54.6 Å². The molecule has 0 bridgehead atoms. The Balaban J connectivity index is 1.47. The second kappa shape index (κ2) is 8.53. The van der Waals surface area contributed by atoms with E-state index in [1.54, 1.807) is 0 Å². The van der Waals surface area contributed by atoms with Crippen molar-refractivity contribution in [3.05, 3.63) is 149 Å². The summed E-state index contributed by atoms with van der Waals surface area (Å²) in [6.07, 6.45) is 11.0. The highest BCUT2D eigenvalue weighted by atomic mass is 15.4. The van der Waals surface area contributed by atoms with Crippen molar-refractivity contribution in [2.24, 2.45) is 0 Å². The van der Waals surface area contributed by atoms with Gasteiger partial charge in [0.1, 0.15) is 36.2 Å². The maximum atomic E-state index is 4.01. The third-order valence-corrected chi connectivity index (χ3v) is 9.29. The van der Waals surface area contributed by atoms with Gasteiger partial charge in [-0.3, -0.25) is 0 Å². The highest BCUT2D eigenvalue weighted by molar-refractivity contribution is 5.74. The van der Waals surface area contributed by atoms with Crippen LogP contribution in [0.2, 0.25) is 0 Å². The third kappa shape index (κ3) is 2.96. The van der Waals surface area contributed by atoms with Crippen molar-refractivity contribution in [1.82, 2.24) is 9.13 Å². The molecule has 0 N–H and O–H groups in total. The molecule has 42 heavy (non-hydrogen) atoms. The number of aromatic nitrogens is 4. The molecule has 6 aromatic rings. The van der Waals surface area contributed by atoms with Crippen LogP contribution in [0.15, 0.2) is 104 Å². The second-order valence-electron chi connectivity index (χ2n) is 11.9. The van der Waals surface area contributed by atoms with Crippen molar-refractivity contribution >= 4 is 6.08 Å². The molecule has 0 radical (unpaired) electrons. The van der Waals surface area contributed by atoms with E-state index in [4.69, 9.17) is 0 Å². The van der Waals surface area contributed by atoms with E-state index in [1.807, 2.05) is 6.08 Å². The summed E-state index contributed by atoms with van der Waals surface area (Å²) in [6.45, 7) is 15.0. The van der Waals surface area contributed by atoms with Crippen LogP contribution in [0.3, 0.4) is 0 Å². The van der Waals surface area contributed by atoms with Crippen LogP contribution in [0.25, 0.3) is 40.2 Å². The van der Waals surface area contributed by atoms with Crippen LogP contribution in [0.4, 0.5) is 0 Å². The lowest BCUT2D eigenvalue weighted by molar-refractivity contribution is -0.954. The zero-order valence-corrected chi connectivity index (χ0v) is 24.8. The molecule has 1 spiro atoms. The summed E-state index contributed by atoms with van der Waals surface area (Å²) in [6, 6.07) is 26.9. The molecule has 1 unspecified atom stereocenters. The summed E-state index contributed by atoms with van der Waals surface area (Å²) in [5.74, 6) is 2.39. The van der Waals surface area contributed by atoms with E-state index in [-0.39, 0.29) is 0 Å². The molecule has 0 fully saturated rings. The number of hydrogen-bond donors (Lipinski definition) is 0. The number of nitrogens with zero attached hydrogens (tertiary/aromatic N) is 4. The summed E-state index contributed by atoms with van der Waals surface area (Å²) < 4.78 is 9.78. The third-order valence-electron chi connectivity index (χ3n) is 9.29. The summed E-state index contributed by atoms with van der Waals surface area (Å²) in [5.41, 5.74) is 14.5. The monoisotopic (exact) mass is 546 g/mol. The quantitative estimate of drug-likeness (QED) is 0.207. The maximum absolute atomic E-state index is 4.01. The Morgan fingerprint density at radius 1 is 0.619 bits per heavy atom. The molecule has 0 aliphatic carbocycles. The molecule has 8 rings (SSSR count). The SMILES string of the molecule is C=Cc1cc(C)c(-n2cc[n+]3c2-c2ccccc2C32c3ccccc3-c3n(-c4c(C)cc(C)cc4C)cc[n+]32)c(C)c1. The van der Waals surface area contributed by atoms with Crippen molar-refractivity contribution in [3.8, 4) is 34.2 Å². The van der Waals surface area contributed by atoms with E-state index in [2.05, 4.69) is 157 Å². The molecule has 4 heterocycles. The Kier molecular flexibility index (Phi) is 5.04. The van der Waals surface area contributed by atoms with Gasteiger partial charge in [-0.25, -0.2) is 0 Å². The topological polar surface area (TPSA) is 17.6 Å². The molecule has 0 amide bonds. The van der Waals surface area contributed by atoms with E-state index in [9.17, 15) is 0 Å². The zero-order valence-electron chi connectivity index (χ0n) is 24.8. The lowest BCUT2D eigenvalue weighted by Crippen LogP contribution is -2.70. The van der Waals surface area contributed by atoms with Crippen LogP contribution in [0, 0.1) is 34.6 Å². The molecule has 204 valence electrons. The summed E-state index contributed by atoms with van der Waals surface area (Å²) >= 11 is 0. The van der Waals surface area contributed by atoms with Crippen LogP contribution in [-0.2, 0) is 5.66 Å². The first-order valence-electron chi connectivity index (χ1n) is 14.6. The number of aryl methyl sites for hydroxylation is 5. The standard InChI is InChI=1S/C38H34N4/c1-7-29-22-27(5)35(28(6)23-29)40-17-19-42-37(40)31-13-9-11-15-33(31)38(42)32-14-10-8-12-30(32)36-39(16-18-41(36)38)34-25(3)20-24(2)21-26(34)4/h7-23H,1H2,2-6H3/q+2. The van der Waals surface area contributed by atoms with Crippen LogP contribution in [0.5, 0.6) is 0 Å². The number of fused-ring (bicyclic) bond motifs is 10. The van der Waals surface area contributed by atoms with Gasteiger partial charge in [0.2, 0.25) is 0 Å². The molecule has 0 saturated heterocycles. The predicted octanol–water partition coefficient (Wildman–Crippen LogP) is 7.29. The van der Waals surface area contributed by atoms with E-state index in [0.29, 0.717) is 0 Å². The highest BCUT2D eigenvalue weighted by Gasteiger charge is 2.63. The molecule has 2 aliphatic heterocycles. The van der Waals surface area contributed by atoms with Crippen LogP contribution in [-0.4, -0.2) is 9.13 Å². The van der Waals surface area contributed by atoms with Gasteiger partial charge in [0.05, 0.1) is 22.3 Å². The van der Waals surface area contributed by atoms with Gasteiger partial charge >= 0.3 is 5.66 Å². The van der Waals surface area contributed by atoms with Gasteiger partial charge in [-0.05, 0) is 98.8 Å². The van der Waals surface area contributed by atoms with Crippen molar-refractivity contribution < 1.29 is 9.13 Å². The van der Waals surface area contributed by atoms with E-state index >= 15 is 0 Å². The molecule has 4 aromatic carbocycles. The van der Waals surface area contributed by atoms with E-state index in [1.165, 1.54) is 73.1 Å². The molecule has 4 nitrogen and oxygen atoms in total. The van der Waals surface area contributed by atoms with Crippen molar-refractivity contribution in [2.75, 3.05) is 0 Å². The minimum Gasteiger partial charge on any atom is -0.195 e. The van der Waals surface area contributed by atoms with Gasteiger partial charge in [-0.2, -0.15) is 18.3 Å². The van der Waals surface area contributed by atoms with Gasteiger partial charge in [-0.15, -0.1) is 0 Å². The fourth-order valence-electron chi connectivity index (χ4n) is 7.97. The van der Waals surface area contributed by atoms with Crippen molar-refractivity contribution in [2.45, 2.75) is 40.3 Å². The fourth-order valence-corrected chi connectivity index (χ4v) is 7.97. The molecule has 0 saturated carbocycles. The lowest BCUT2D eigenvalue weighted by Gasteiger charge is -2.21. The van der Waals surface area contributed by atoms with Gasteiger partial charge in [0.15, 0.2) is 0 Å². The molecule has 1 atom stereocenters. The van der Waals surface area contributed by atoms with Gasteiger partial charge < -0.3 is 0 Å². The first kappa shape index (κ1) is 24.8. The van der Waals surface area contributed by atoms with Crippen LogP contribution >= 0.6 is 0 Å². The Bertz CT molecular complexity index is 2080. The van der Waals surface area contributed by atoms with Gasteiger partial charge in [0, 0.05) is 0 Å². The Morgan fingerprint density at radius 2 is 1.05 bits per heavy atom. The predicted molar refractivity (Wildman–Crippen MR) is 168 cm³/mol. The molecule has 2 aliphatic rings. The summed E-state index contributed by atoms with van der Waals surface area (Å²) in [4.78, 5) is 0. The second-order valence-corrected chi connectivity index (χ2v) is 11.9. The van der Waals surface area contributed by atoms with Gasteiger partial charge in [0.25, 0.3) is 11.6 Å². The highest BCUT2D eigenvalue weighted by Crippen LogP contribution is 2.48. The smallest absolute Gasteiger partial charge is 0.195 e. The minimum absolute atomic E-state index is 0.538. The number of imidazole rings is 2. The Morgan fingerprint density at radius 3 is 1.50 bits per heavy atom. The first-order chi connectivity index (χ1) is 20.4. The summed E-state index contributed by atoms with van der Waals surface area (Å²) in [7, 11) is 0. The van der Waals surface area contributed by atoms with E-state index < -0.39 is 5.66 Å². The number of rotatable bonds is 3. The lowest BCUT2D eigenvalue weighted by atomic mass is 9.90. The molecule has 2 aromatic heterocycles. The number of benzene rings is 4. The van der Waals surface area contributed by atoms with Crippen LogP contribution < -0.4 is 9.13 Å². The Labute approximate surface area is 247 Å². The van der Waals surface area contributed by atoms with Crippen molar-refractivity contribution in [3.63, 3.8) is 0 Å².